The van der Waals surface area contributed by atoms with Crippen LogP contribution in [0.15, 0.2) is 29.1 Å². The van der Waals surface area contributed by atoms with Crippen LogP contribution in [0.4, 0.5) is 0 Å². The van der Waals surface area contributed by atoms with Gasteiger partial charge in [0.05, 0.1) is 10.9 Å². The first-order valence-corrected chi connectivity index (χ1v) is 5.01. The SMILES string of the molecule is COCn1c(=O)c2ccccc2n2nnnc12. The van der Waals surface area contributed by atoms with Crippen LogP contribution in [0.5, 0.6) is 0 Å². The van der Waals surface area contributed by atoms with Crippen LogP contribution in [-0.4, -0.2) is 31.7 Å². The highest BCUT2D eigenvalue weighted by Crippen LogP contribution is 2.10. The van der Waals surface area contributed by atoms with Gasteiger partial charge >= 0.3 is 0 Å². The molecule has 0 atom stereocenters. The number of methoxy groups -OCH3 is 1. The standard InChI is InChI=1S/C10H9N5O2/c1-17-6-14-9(16)7-4-2-3-5-8(7)15-10(14)11-12-13-15/h2-5H,6H2,1H3. The highest BCUT2D eigenvalue weighted by molar-refractivity contribution is 5.79. The van der Waals surface area contributed by atoms with Crippen molar-refractivity contribution in [3.05, 3.63) is 34.6 Å². The van der Waals surface area contributed by atoms with Crippen LogP contribution in [0.1, 0.15) is 0 Å². The molecule has 7 heteroatoms. The molecule has 0 aliphatic carbocycles. The molecule has 0 fully saturated rings. The largest absolute Gasteiger partial charge is 0.364 e. The van der Waals surface area contributed by atoms with Gasteiger partial charge in [0, 0.05) is 7.11 Å². The molecule has 2 aromatic heterocycles. The van der Waals surface area contributed by atoms with Crippen LogP contribution in [-0.2, 0) is 11.5 Å². The molecule has 0 N–H and O–H groups in total. The molecule has 7 nitrogen and oxygen atoms in total. The van der Waals surface area contributed by atoms with E-state index in [2.05, 4.69) is 15.5 Å². The molecule has 0 aliphatic rings. The quantitative estimate of drug-likeness (QED) is 0.622. The maximum Gasteiger partial charge on any atom is 0.264 e. The van der Waals surface area contributed by atoms with Crippen LogP contribution in [0, 0.1) is 0 Å². The van der Waals surface area contributed by atoms with Crippen LogP contribution in [0.25, 0.3) is 16.7 Å². The topological polar surface area (TPSA) is 74.3 Å². The van der Waals surface area contributed by atoms with Gasteiger partial charge in [0.25, 0.3) is 11.3 Å². The fraction of sp³-hybridized carbons (Fsp3) is 0.200. The van der Waals surface area contributed by atoms with Gasteiger partial charge in [-0.3, -0.25) is 9.36 Å². The van der Waals surface area contributed by atoms with Crippen LogP contribution >= 0.6 is 0 Å². The minimum atomic E-state index is -0.162. The summed E-state index contributed by atoms with van der Waals surface area (Å²) >= 11 is 0. The number of nitrogens with zero attached hydrogens (tertiary/aromatic N) is 5. The normalized spacial score (nSPS) is 11.4. The third kappa shape index (κ3) is 1.32. The number of ether oxygens (including phenoxy) is 1. The smallest absolute Gasteiger partial charge is 0.264 e. The Morgan fingerprint density at radius 1 is 1.35 bits per heavy atom. The summed E-state index contributed by atoms with van der Waals surface area (Å²) < 4.78 is 7.90. The second-order valence-electron chi connectivity index (χ2n) is 3.56. The Bertz CT molecular complexity index is 745. The number of rotatable bonds is 2. The summed E-state index contributed by atoms with van der Waals surface area (Å²) in [5.41, 5.74) is 0.523. The van der Waals surface area contributed by atoms with Crippen molar-refractivity contribution in [2.24, 2.45) is 0 Å². The van der Waals surface area contributed by atoms with Crippen molar-refractivity contribution in [1.29, 1.82) is 0 Å². The van der Waals surface area contributed by atoms with E-state index in [4.69, 9.17) is 4.74 Å². The summed E-state index contributed by atoms with van der Waals surface area (Å²) in [6, 6.07) is 7.18. The van der Waals surface area contributed by atoms with Gasteiger partial charge in [-0.05, 0) is 22.6 Å². The zero-order valence-electron chi connectivity index (χ0n) is 9.07. The number of tetrazole rings is 1. The molecule has 0 radical (unpaired) electrons. The number of hydrogen-bond acceptors (Lipinski definition) is 5. The molecule has 0 unspecified atom stereocenters. The third-order valence-corrected chi connectivity index (χ3v) is 2.56. The van der Waals surface area contributed by atoms with Gasteiger partial charge in [-0.15, -0.1) is 0 Å². The van der Waals surface area contributed by atoms with Crippen molar-refractivity contribution in [2.45, 2.75) is 6.73 Å². The van der Waals surface area contributed by atoms with Gasteiger partial charge in [-0.1, -0.05) is 17.2 Å². The van der Waals surface area contributed by atoms with Crippen molar-refractivity contribution in [2.75, 3.05) is 7.11 Å². The Morgan fingerprint density at radius 3 is 3.00 bits per heavy atom. The van der Waals surface area contributed by atoms with Gasteiger partial charge < -0.3 is 4.74 Å². The fourth-order valence-electron chi connectivity index (χ4n) is 1.83. The summed E-state index contributed by atoms with van der Waals surface area (Å²) in [5.74, 6) is 0.371. The number of fused-ring (bicyclic) bond motifs is 3. The summed E-state index contributed by atoms with van der Waals surface area (Å²) in [7, 11) is 1.52. The predicted molar refractivity (Wildman–Crippen MR) is 59.6 cm³/mol. The lowest BCUT2D eigenvalue weighted by Crippen LogP contribution is -2.24. The molecule has 2 heterocycles. The van der Waals surface area contributed by atoms with Crippen molar-refractivity contribution in [1.82, 2.24) is 24.6 Å². The van der Waals surface area contributed by atoms with Gasteiger partial charge in [0.15, 0.2) is 0 Å². The highest BCUT2D eigenvalue weighted by Gasteiger charge is 2.12. The van der Waals surface area contributed by atoms with E-state index in [1.54, 1.807) is 18.2 Å². The van der Waals surface area contributed by atoms with Gasteiger partial charge in [0.1, 0.15) is 6.73 Å². The molecule has 3 rings (SSSR count). The summed E-state index contributed by atoms with van der Waals surface area (Å²) in [6.45, 7) is 0.119. The zero-order chi connectivity index (χ0) is 11.8. The molecular weight excluding hydrogens is 222 g/mol. The molecule has 3 aromatic rings. The molecule has 1 aromatic carbocycles. The van der Waals surface area contributed by atoms with Crippen LogP contribution in [0.3, 0.4) is 0 Å². The highest BCUT2D eigenvalue weighted by atomic mass is 16.5. The van der Waals surface area contributed by atoms with Crippen LogP contribution in [0.2, 0.25) is 0 Å². The van der Waals surface area contributed by atoms with Gasteiger partial charge in [-0.25, -0.2) is 0 Å². The Hall–Kier alpha value is -2.28. The molecule has 0 spiro atoms. The molecule has 0 amide bonds. The fourth-order valence-corrected chi connectivity index (χ4v) is 1.83. The molecule has 86 valence electrons. The lowest BCUT2D eigenvalue weighted by atomic mass is 10.2. The monoisotopic (exact) mass is 231 g/mol. The average Bonchev–Trinajstić information content (AvgIpc) is 2.84. The summed E-state index contributed by atoms with van der Waals surface area (Å²) in [6.07, 6.45) is 0. The first-order valence-electron chi connectivity index (χ1n) is 5.01. The van der Waals surface area contributed by atoms with Crippen molar-refractivity contribution >= 4 is 16.7 Å². The van der Waals surface area contributed by atoms with E-state index in [0.29, 0.717) is 16.7 Å². The number of para-hydroxylation sites is 1. The van der Waals surface area contributed by atoms with Crippen molar-refractivity contribution in [3.63, 3.8) is 0 Å². The minimum absolute atomic E-state index is 0.119. The maximum atomic E-state index is 12.2. The Morgan fingerprint density at radius 2 is 2.18 bits per heavy atom. The minimum Gasteiger partial charge on any atom is -0.364 e. The summed E-state index contributed by atoms with van der Waals surface area (Å²) in [4.78, 5) is 12.2. The molecule has 0 aliphatic heterocycles. The predicted octanol–water partition coefficient (Wildman–Crippen LogP) is 0.0431. The van der Waals surface area contributed by atoms with Crippen molar-refractivity contribution in [3.8, 4) is 0 Å². The number of aromatic nitrogens is 5. The first kappa shape index (κ1) is 9.91. The first-order chi connectivity index (χ1) is 8.33. The molecular formula is C10H9N5O2. The van der Waals surface area contributed by atoms with Gasteiger partial charge in [-0.2, -0.15) is 4.52 Å². The average molecular weight is 231 g/mol. The van der Waals surface area contributed by atoms with Crippen LogP contribution < -0.4 is 5.56 Å². The number of hydrogen-bond donors (Lipinski definition) is 0. The third-order valence-electron chi connectivity index (χ3n) is 2.56. The maximum absolute atomic E-state index is 12.2. The Balaban J connectivity index is 2.56. The van der Waals surface area contributed by atoms with E-state index in [1.165, 1.54) is 16.2 Å². The molecule has 0 saturated carbocycles. The molecule has 0 bridgehead atoms. The second-order valence-corrected chi connectivity index (χ2v) is 3.56. The van der Waals surface area contributed by atoms with Crippen molar-refractivity contribution < 1.29 is 4.74 Å². The lowest BCUT2D eigenvalue weighted by Gasteiger charge is -2.07. The zero-order valence-corrected chi connectivity index (χ0v) is 9.07. The van der Waals surface area contributed by atoms with E-state index < -0.39 is 0 Å². The Labute approximate surface area is 95.2 Å². The van der Waals surface area contributed by atoms with E-state index in [0.717, 1.165) is 0 Å². The number of benzene rings is 1. The van der Waals surface area contributed by atoms with E-state index in [1.807, 2.05) is 6.07 Å². The Kier molecular flexibility index (Phi) is 2.12. The molecule has 17 heavy (non-hydrogen) atoms. The van der Waals surface area contributed by atoms with E-state index in [9.17, 15) is 4.79 Å². The van der Waals surface area contributed by atoms with E-state index in [-0.39, 0.29) is 12.3 Å². The van der Waals surface area contributed by atoms with E-state index >= 15 is 0 Å². The second kappa shape index (κ2) is 3.63. The molecule has 0 saturated heterocycles. The lowest BCUT2D eigenvalue weighted by molar-refractivity contribution is 0.131. The van der Waals surface area contributed by atoms with Gasteiger partial charge in [0.2, 0.25) is 0 Å². The summed E-state index contributed by atoms with van der Waals surface area (Å²) in [5, 5.41) is 11.8.